The fraction of sp³-hybridized carbons (Fsp3) is 0.176. The normalized spacial score (nSPS) is 12.3. The van der Waals surface area contributed by atoms with Crippen LogP contribution in [0.3, 0.4) is 0 Å². The zero-order valence-corrected chi connectivity index (χ0v) is 13.6. The van der Waals surface area contributed by atoms with E-state index in [1.807, 2.05) is 42.5 Å². The fourth-order valence-corrected chi connectivity index (χ4v) is 3.17. The number of amides is 1. The highest BCUT2D eigenvalue weighted by molar-refractivity contribution is 7.18. The Morgan fingerprint density at radius 2 is 1.95 bits per heavy atom. The number of fused-ring (bicyclic) bond motifs is 1. The monoisotopic (exact) mass is 330 g/mol. The molecule has 1 aromatic heterocycles. The number of benzene rings is 2. The van der Waals surface area contributed by atoms with Gasteiger partial charge >= 0.3 is 0 Å². The summed E-state index contributed by atoms with van der Waals surface area (Å²) < 4.78 is 1.21. The van der Waals surface area contributed by atoms with Gasteiger partial charge < -0.3 is 5.32 Å². The molecule has 3 nitrogen and oxygen atoms in total. The highest BCUT2D eigenvalue weighted by Gasteiger charge is 2.09. The van der Waals surface area contributed by atoms with Crippen molar-refractivity contribution in [3.8, 4) is 0 Å². The maximum atomic E-state index is 11.5. The molecule has 3 aromatic rings. The largest absolute Gasteiger partial charge is 0.325 e. The smallest absolute Gasteiger partial charge is 0.242 e. The molecule has 2 aromatic carbocycles. The van der Waals surface area contributed by atoms with Crippen LogP contribution in [0.4, 0.5) is 5.69 Å². The van der Waals surface area contributed by atoms with Gasteiger partial charge in [0.2, 0.25) is 5.91 Å². The first-order valence-electron chi connectivity index (χ1n) is 7.00. The average molecular weight is 331 g/mol. The molecular formula is C17H15ClN2OS. The summed E-state index contributed by atoms with van der Waals surface area (Å²) in [5, 5.41) is 3.32. The number of nitrogens with zero attached hydrogens (tertiary/aromatic N) is 1. The Balaban J connectivity index is 1.71. The summed E-state index contributed by atoms with van der Waals surface area (Å²) >= 11 is 7.45. The zero-order valence-electron chi connectivity index (χ0n) is 12.0. The number of aromatic nitrogens is 1. The Kier molecular flexibility index (Phi) is 4.41. The van der Waals surface area contributed by atoms with Crippen LogP contribution in [0.5, 0.6) is 0 Å². The number of anilines is 1. The average Bonchev–Trinajstić information content (AvgIpc) is 2.91. The van der Waals surface area contributed by atoms with E-state index < -0.39 is 5.38 Å². The van der Waals surface area contributed by atoms with Gasteiger partial charge in [0.05, 0.1) is 15.2 Å². The van der Waals surface area contributed by atoms with Crippen molar-refractivity contribution in [2.75, 3.05) is 5.32 Å². The van der Waals surface area contributed by atoms with Gasteiger partial charge in [-0.25, -0.2) is 4.98 Å². The lowest BCUT2D eigenvalue weighted by Crippen LogP contribution is -2.20. The second kappa shape index (κ2) is 6.46. The van der Waals surface area contributed by atoms with Gasteiger partial charge in [-0.1, -0.05) is 24.3 Å². The van der Waals surface area contributed by atoms with Gasteiger partial charge in [-0.2, -0.15) is 0 Å². The molecule has 5 heteroatoms. The van der Waals surface area contributed by atoms with E-state index >= 15 is 0 Å². The zero-order chi connectivity index (χ0) is 15.5. The number of halogens is 1. The topological polar surface area (TPSA) is 42.0 Å². The first-order valence-corrected chi connectivity index (χ1v) is 8.25. The van der Waals surface area contributed by atoms with Gasteiger partial charge in [-0.15, -0.1) is 22.9 Å². The molecule has 22 heavy (non-hydrogen) atoms. The lowest BCUT2D eigenvalue weighted by atomic mass is 10.1. The lowest BCUT2D eigenvalue weighted by Gasteiger charge is -2.07. The Labute approximate surface area is 138 Å². The Hall–Kier alpha value is -1.91. The molecule has 1 N–H and O–H groups in total. The van der Waals surface area contributed by atoms with Crippen LogP contribution >= 0.6 is 22.9 Å². The molecule has 0 fully saturated rings. The number of carbonyl (C=O) groups excluding carboxylic acids is 1. The third-order valence-electron chi connectivity index (χ3n) is 3.28. The van der Waals surface area contributed by atoms with Crippen molar-refractivity contribution in [3.63, 3.8) is 0 Å². The third kappa shape index (κ3) is 3.46. The number of hydrogen-bond acceptors (Lipinski definition) is 3. The number of alkyl halides is 1. The van der Waals surface area contributed by atoms with Crippen molar-refractivity contribution < 1.29 is 4.79 Å². The molecule has 0 radical (unpaired) electrons. The van der Waals surface area contributed by atoms with E-state index in [4.69, 9.17) is 11.6 Å². The molecule has 0 aliphatic heterocycles. The molecule has 0 saturated heterocycles. The second-order valence-corrected chi connectivity index (χ2v) is 6.82. The molecule has 0 aliphatic carbocycles. The SMILES string of the molecule is C[C@@H](Cl)C(=O)Nc1ccc(Cc2nc3ccccc3s2)cc1. The van der Waals surface area contributed by atoms with E-state index in [1.165, 1.54) is 4.70 Å². The van der Waals surface area contributed by atoms with Crippen LogP contribution in [0, 0.1) is 0 Å². The lowest BCUT2D eigenvalue weighted by molar-refractivity contribution is -0.115. The van der Waals surface area contributed by atoms with Crippen LogP contribution in [-0.4, -0.2) is 16.3 Å². The van der Waals surface area contributed by atoms with Crippen LogP contribution in [0.2, 0.25) is 0 Å². The third-order valence-corrected chi connectivity index (χ3v) is 4.51. The number of hydrogen-bond donors (Lipinski definition) is 1. The van der Waals surface area contributed by atoms with Crippen molar-refractivity contribution in [3.05, 3.63) is 59.1 Å². The summed E-state index contributed by atoms with van der Waals surface area (Å²) in [5.74, 6) is -0.194. The minimum atomic E-state index is -0.539. The standard InChI is InChI=1S/C17H15ClN2OS/c1-11(18)17(21)19-13-8-6-12(7-9-13)10-16-20-14-4-2-3-5-15(14)22-16/h2-9,11H,10H2,1H3,(H,19,21)/t11-/m1/s1. The van der Waals surface area contributed by atoms with Crippen molar-refractivity contribution in [2.24, 2.45) is 0 Å². The summed E-state index contributed by atoms with van der Waals surface area (Å²) in [7, 11) is 0. The fourth-order valence-electron chi connectivity index (χ4n) is 2.12. The number of carbonyl (C=O) groups is 1. The van der Waals surface area contributed by atoms with Gasteiger partial charge in [0.1, 0.15) is 5.38 Å². The second-order valence-electron chi connectivity index (χ2n) is 5.05. The van der Waals surface area contributed by atoms with Crippen LogP contribution in [0.1, 0.15) is 17.5 Å². The van der Waals surface area contributed by atoms with Crippen molar-refractivity contribution >= 4 is 44.7 Å². The van der Waals surface area contributed by atoms with Crippen molar-refractivity contribution in [1.29, 1.82) is 0 Å². The molecule has 1 heterocycles. The molecule has 0 aliphatic rings. The molecule has 3 rings (SSSR count). The summed E-state index contributed by atoms with van der Waals surface area (Å²) in [6, 6.07) is 15.9. The Bertz CT molecular complexity index is 763. The minimum absolute atomic E-state index is 0.194. The maximum absolute atomic E-state index is 11.5. The molecule has 1 atom stereocenters. The predicted octanol–water partition coefficient (Wildman–Crippen LogP) is 4.45. The van der Waals surface area contributed by atoms with E-state index in [1.54, 1.807) is 18.3 Å². The molecule has 0 spiro atoms. The van der Waals surface area contributed by atoms with Crippen molar-refractivity contribution in [1.82, 2.24) is 4.98 Å². The van der Waals surface area contributed by atoms with E-state index in [0.717, 1.165) is 28.2 Å². The Morgan fingerprint density at radius 3 is 2.64 bits per heavy atom. The molecule has 0 bridgehead atoms. The number of thiazole rings is 1. The van der Waals surface area contributed by atoms with Gasteiger partial charge in [-0.3, -0.25) is 4.79 Å². The molecule has 0 saturated carbocycles. The van der Waals surface area contributed by atoms with Crippen LogP contribution in [0.25, 0.3) is 10.2 Å². The van der Waals surface area contributed by atoms with E-state index in [-0.39, 0.29) is 5.91 Å². The molecule has 0 unspecified atom stereocenters. The summed E-state index contributed by atoms with van der Waals surface area (Å²) in [6.07, 6.45) is 0.791. The first-order chi connectivity index (χ1) is 10.6. The highest BCUT2D eigenvalue weighted by atomic mass is 35.5. The van der Waals surface area contributed by atoms with Gasteiger partial charge in [0.15, 0.2) is 0 Å². The summed E-state index contributed by atoms with van der Waals surface area (Å²) in [5.41, 5.74) is 2.96. The number of para-hydroxylation sites is 1. The highest BCUT2D eigenvalue weighted by Crippen LogP contribution is 2.24. The van der Waals surface area contributed by atoms with Gasteiger partial charge in [-0.05, 0) is 36.8 Å². The molecular weight excluding hydrogens is 316 g/mol. The molecule has 112 valence electrons. The quantitative estimate of drug-likeness (QED) is 0.718. The van der Waals surface area contributed by atoms with E-state index in [9.17, 15) is 4.79 Å². The summed E-state index contributed by atoms with van der Waals surface area (Å²) in [6.45, 7) is 1.65. The van der Waals surface area contributed by atoms with Crippen LogP contribution in [0.15, 0.2) is 48.5 Å². The predicted molar refractivity (Wildman–Crippen MR) is 92.8 cm³/mol. The van der Waals surface area contributed by atoms with Crippen LogP contribution < -0.4 is 5.32 Å². The Morgan fingerprint density at radius 1 is 1.23 bits per heavy atom. The van der Waals surface area contributed by atoms with Gasteiger partial charge in [0, 0.05) is 12.1 Å². The number of rotatable bonds is 4. The molecule has 1 amide bonds. The summed E-state index contributed by atoms with van der Waals surface area (Å²) in [4.78, 5) is 16.2. The van der Waals surface area contributed by atoms with E-state index in [2.05, 4.69) is 16.4 Å². The van der Waals surface area contributed by atoms with Crippen molar-refractivity contribution in [2.45, 2.75) is 18.7 Å². The minimum Gasteiger partial charge on any atom is -0.325 e. The van der Waals surface area contributed by atoms with Crippen LogP contribution in [-0.2, 0) is 11.2 Å². The first kappa shape index (κ1) is 15.0. The number of nitrogens with one attached hydrogen (secondary N) is 1. The maximum Gasteiger partial charge on any atom is 0.242 e. The van der Waals surface area contributed by atoms with E-state index in [0.29, 0.717) is 0 Å². The van der Waals surface area contributed by atoms with Gasteiger partial charge in [0.25, 0.3) is 0 Å².